The molecule has 0 saturated heterocycles. The van der Waals surface area contributed by atoms with Crippen LogP contribution in [-0.4, -0.2) is 35.7 Å². The van der Waals surface area contributed by atoms with Gasteiger partial charge in [0.05, 0.1) is 11.1 Å². The second-order valence-electron chi connectivity index (χ2n) is 7.02. The molecule has 1 aliphatic carbocycles. The van der Waals surface area contributed by atoms with Gasteiger partial charge in [-0.2, -0.15) is 11.3 Å². The minimum atomic E-state index is -0.394. The van der Waals surface area contributed by atoms with Crippen LogP contribution in [0.4, 0.5) is 0 Å². The number of nitrogens with zero attached hydrogens (tertiary/aromatic N) is 1. The Morgan fingerprint density at radius 1 is 1.08 bits per heavy atom. The molecule has 1 fully saturated rings. The molecule has 0 atom stereocenters. The summed E-state index contributed by atoms with van der Waals surface area (Å²) in [5.74, 6) is -1.08. The number of nitrogens with one attached hydrogen (secondary N) is 1. The molecule has 134 valence electrons. The zero-order valence-corrected chi connectivity index (χ0v) is 15.2. The highest BCUT2D eigenvalue weighted by atomic mass is 32.1. The van der Waals surface area contributed by atoms with Crippen LogP contribution in [0.2, 0.25) is 0 Å². The average molecular weight is 368 g/mol. The van der Waals surface area contributed by atoms with Gasteiger partial charge in [-0.15, -0.1) is 0 Å². The lowest BCUT2D eigenvalue weighted by Crippen LogP contribution is -2.44. The molecule has 1 N–H and O–H groups in total. The normalized spacial score (nSPS) is 18.2. The summed E-state index contributed by atoms with van der Waals surface area (Å²) in [4.78, 5) is 38.2. The Bertz CT molecular complexity index is 819. The molecule has 4 rings (SSSR count). The van der Waals surface area contributed by atoms with Crippen molar-refractivity contribution >= 4 is 29.1 Å². The van der Waals surface area contributed by atoms with Crippen molar-refractivity contribution in [2.45, 2.75) is 31.1 Å². The van der Waals surface area contributed by atoms with E-state index in [1.54, 1.807) is 35.6 Å². The molecule has 0 spiro atoms. The number of carbonyl (C=O) groups is 3. The number of hydrogen-bond acceptors (Lipinski definition) is 4. The molecule has 5 nitrogen and oxygen atoms in total. The van der Waals surface area contributed by atoms with Gasteiger partial charge < -0.3 is 5.32 Å². The van der Waals surface area contributed by atoms with Crippen LogP contribution < -0.4 is 5.32 Å². The Balaban J connectivity index is 1.42. The number of amides is 3. The van der Waals surface area contributed by atoms with Gasteiger partial charge in [0.1, 0.15) is 6.54 Å². The predicted molar refractivity (Wildman–Crippen MR) is 99.3 cm³/mol. The first-order valence-electron chi connectivity index (χ1n) is 8.85. The minimum Gasteiger partial charge on any atom is -0.354 e. The zero-order valence-electron chi connectivity index (χ0n) is 14.4. The maximum Gasteiger partial charge on any atom is 0.262 e. The van der Waals surface area contributed by atoms with Crippen molar-refractivity contribution in [2.75, 3.05) is 13.1 Å². The number of carbonyl (C=O) groups excluding carboxylic acids is 3. The molecule has 2 aromatic rings. The summed E-state index contributed by atoms with van der Waals surface area (Å²) in [6, 6.07) is 8.82. The van der Waals surface area contributed by atoms with E-state index < -0.39 is 11.8 Å². The van der Waals surface area contributed by atoms with Crippen molar-refractivity contribution in [3.8, 4) is 0 Å². The fourth-order valence-electron chi connectivity index (χ4n) is 4.04. The molecule has 1 saturated carbocycles. The number of imide groups is 1. The van der Waals surface area contributed by atoms with Crippen molar-refractivity contribution < 1.29 is 14.4 Å². The van der Waals surface area contributed by atoms with Gasteiger partial charge >= 0.3 is 0 Å². The molecule has 2 heterocycles. The Morgan fingerprint density at radius 3 is 2.31 bits per heavy atom. The largest absolute Gasteiger partial charge is 0.354 e. The van der Waals surface area contributed by atoms with Gasteiger partial charge in [-0.05, 0) is 47.4 Å². The Kier molecular flexibility index (Phi) is 4.36. The lowest BCUT2D eigenvalue weighted by Gasteiger charge is -2.29. The fraction of sp³-hybridized carbons (Fsp3) is 0.350. The maximum atomic E-state index is 12.5. The van der Waals surface area contributed by atoms with Gasteiger partial charge in [-0.1, -0.05) is 25.0 Å². The second kappa shape index (κ2) is 6.68. The van der Waals surface area contributed by atoms with E-state index in [0.717, 1.165) is 30.6 Å². The van der Waals surface area contributed by atoms with Gasteiger partial charge in [-0.3, -0.25) is 19.3 Å². The third kappa shape index (κ3) is 2.84. The van der Waals surface area contributed by atoms with Crippen LogP contribution in [0.3, 0.4) is 0 Å². The van der Waals surface area contributed by atoms with Crippen molar-refractivity contribution in [3.63, 3.8) is 0 Å². The number of hydrogen-bond donors (Lipinski definition) is 1. The van der Waals surface area contributed by atoms with Gasteiger partial charge in [0.25, 0.3) is 11.8 Å². The van der Waals surface area contributed by atoms with Gasteiger partial charge in [-0.25, -0.2) is 0 Å². The number of benzene rings is 1. The van der Waals surface area contributed by atoms with Gasteiger partial charge in [0.15, 0.2) is 0 Å². The summed E-state index contributed by atoms with van der Waals surface area (Å²) >= 11 is 1.67. The van der Waals surface area contributed by atoms with E-state index in [-0.39, 0.29) is 17.9 Å². The Hall–Kier alpha value is -2.47. The van der Waals surface area contributed by atoms with Crippen LogP contribution in [0.5, 0.6) is 0 Å². The summed E-state index contributed by atoms with van der Waals surface area (Å²) in [7, 11) is 0. The van der Waals surface area contributed by atoms with E-state index in [4.69, 9.17) is 0 Å². The topological polar surface area (TPSA) is 66.5 Å². The van der Waals surface area contributed by atoms with E-state index in [1.165, 1.54) is 5.56 Å². The summed E-state index contributed by atoms with van der Waals surface area (Å²) in [5, 5.41) is 7.19. The van der Waals surface area contributed by atoms with Crippen LogP contribution in [0.1, 0.15) is 52.0 Å². The van der Waals surface area contributed by atoms with Crippen molar-refractivity contribution in [1.82, 2.24) is 10.2 Å². The molecular formula is C20H20N2O3S. The highest BCUT2D eigenvalue weighted by molar-refractivity contribution is 7.08. The van der Waals surface area contributed by atoms with Crippen molar-refractivity contribution in [1.29, 1.82) is 0 Å². The zero-order chi connectivity index (χ0) is 18.1. The second-order valence-corrected chi connectivity index (χ2v) is 7.80. The van der Waals surface area contributed by atoms with E-state index in [2.05, 4.69) is 22.1 Å². The molecular weight excluding hydrogens is 348 g/mol. The molecule has 1 aliphatic heterocycles. The van der Waals surface area contributed by atoms with Crippen LogP contribution in [0, 0.1) is 0 Å². The monoisotopic (exact) mass is 368 g/mol. The van der Waals surface area contributed by atoms with Crippen LogP contribution >= 0.6 is 11.3 Å². The number of fused-ring (bicyclic) bond motifs is 1. The van der Waals surface area contributed by atoms with E-state index in [9.17, 15) is 14.4 Å². The lowest BCUT2D eigenvalue weighted by molar-refractivity contribution is -0.121. The van der Waals surface area contributed by atoms with E-state index in [1.807, 2.05) is 0 Å². The summed E-state index contributed by atoms with van der Waals surface area (Å²) < 4.78 is 0. The quantitative estimate of drug-likeness (QED) is 0.825. The number of rotatable bonds is 5. The summed E-state index contributed by atoms with van der Waals surface area (Å²) in [5.41, 5.74) is 2.00. The molecule has 2 aliphatic rings. The minimum absolute atomic E-state index is 0.0162. The first-order chi connectivity index (χ1) is 12.6. The molecule has 6 heteroatoms. The fourth-order valence-corrected chi connectivity index (χ4v) is 4.81. The molecule has 1 aromatic carbocycles. The first-order valence-corrected chi connectivity index (χ1v) is 9.80. The van der Waals surface area contributed by atoms with Crippen molar-refractivity contribution in [3.05, 3.63) is 57.8 Å². The van der Waals surface area contributed by atoms with Crippen molar-refractivity contribution in [2.24, 2.45) is 0 Å². The molecule has 3 amide bonds. The van der Waals surface area contributed by atoms with Gasteiger partial charge in [0, 0.05) is 12.0 Å². The summed E-state index contributed by atoms with van der Waals surface area (Å²) in [6.07, 6.45) is 4.42. The first kappa shape index (κ1) is 17.0. The Labute approximate surface area is 156 Å². The summed E-state index contributed by atoms with van der Waals surface area (Å²) in [6.45, 7) is 0.317. The molecule has 0 unspecified atom stereocenters. The van der Waals surface area contributed by atoms with E-state index in [0.29, 0.717) is 17.7 Å². The number of thiophene rings is 1. The highest BCUT2D eigenvalue weighted by Gasteiger charge is 2.38. The third-order valence-corrected chi connectivity index (χ3v) is 6.18. The standard InChI is InChI=1S/C20H20N2O3S/c23-17(11-22-18(24)15-5-1-2-6-16(15)19(22)25)21-13-20(8-3-4-9-20)14-7-10-26-12-14/h1-2,5-7,10,12H,3-4,8-9,11,13H2,(H,21,23). The van der Waals surface area contributed by atoms with Crippen LogP contribution in [-0.2, 0) is 10.2 Å². The smallest absolute Gasteiger partial charge is 0.262 e. The maximum absolute atomic E-state index is 12.5. The van der Waals surface area contributed by atoms with Gasteiger partial charge in [0.2, 0.25) is 5.91 Å². The Morgan fingerprint density at radius 2 is 1.73 bits per heavy atom. The molecule has 26 heavy (non-hydrogen) atoms. The van der Waals surface area contributed by atoms with Crippen LogP contribution in [0.25, 0.3) is 0 Å². The molecule has 0 radical (unpaired) electrons. The van der Waals surface area contributed by atoms with Crippen LogP contribution in [0.15, 0.2) is 41.1 Å². The molecule has 1 aromatic heterocycles. The highest BCUT2D eigenvalue weighted by Crippen LogP contribution is 2.41. The molecule has 0 bridgehead atoms. The lowest BCUT2D eigenvalue weighted by atomic mass is 9.80. The third-order valence-electron chi connectivity index (χ3n) is 5.50. The average Bonchev–Trinajstić information content (AvgIpc) is 3.39. The SMILES string of the molecule is O=C(CN1C(=O)c2ccccc2C1=O)NCC1(c2ccsc2)CCCC1. The van der Waals surface area contributed by atoms with E-state index >= 15 is 0 Å². The predicted octanol–water partition coefficient (Wildman–Crippen LogP) is 2.97.